The van der Waals surface area contributed by atoms with E-state index >= 15 is 0 Å². The third-order valence-electron chi connectivity index (χ3n) is 4.56. The van der Waals surface area contributed by atoms with Gasteiger partial charge < -0.3 is 33.7 Å². The van der Waals surface area contributed by atoms with Crippen molar-refractivity contribution in [2.45, 2.75) is 58.3 Å². The highest BCUT2D eigenvalue weighted by Crippen LogP contribution is 2.29. The SMILES string of the molecule is CC(=O)N[C@@H]1[C@H](OC(=O)COc2ccc(Cl)cc2Cl)O[C@H](COC(C)=O)[C@@H](OC(C)=O)[C@@H]1OC(C)=O. The fourth-order valence-corrected chi connectivity index (χ4v) is 3.75. The minimum Gasteiger partial charge on any atom is -0.480 e. The molecule has 1 heterocycles. The molecule has 1 amide bonds. The van der Waals surface area contributed by atoms with Gasteiger partial charge in [0.15, 0.2) is 18.8 Å². The van der Waals surface area contributed by atoms with Crippen LogP contribution >= 0.6 is 23.2 Å². The summed E-state index contributed by atoms with van der Waals surface area (Å²) in [6.07, 6.45) is -5.46. The van der Waals surface area contributed by atoms with Crippen LogP contribution in [0.25, 0.3) is 0 Å². The molecule has 1 saturated heterocycles. The molecule has 12 nitrogen and oxygen atoms in total. The minimum atomic E-state index is -1.55. The molecule has 1 aromatic rings. The van der Waals surface area contributed by atoms with Crippen molar-refractivity contribution in [3.8, 4) is 5.75 Å². The van der Waals surface area contributed by atoms with Crippen LogP contribution in [-0.4, -0.2) is 73.6 Å². The monoisotopic (exact) mass is 549 g/mol. The van der Waals surface area contributed by atoms with E-state index < -0.39 is 73.6 Å². The van der Waals surface area contributed by atoms with Crippen molar-refractivity contribution >= 4 is 53.0 Å². The second-order valence-corrected chi connectivity index (χ2v) is 8.42. The lowest BCUT2D eigenvalue weighted by atomic mass is 9.96. The van der Waals surface area contributed by atoms with Crippen LogP contribution < -0.4 is 10.1 Å². The Kier molecular flexibility index (Phi) is 10.8. The second kappa shape index (κ2) is 13.3. The topological polar surface area (TPSA) is 153 Å². The summed E-state index contributed by atoms with van der Waals surface area (Å²) in [5.74, 6) is -3.60. The second-order valence-electron chi connectivity index (χ2n) is 7.57. The Balaban J connectivity index is 2.29. The third kappa shape index (κ3) is 8.85. The summed E-state index contributed by atoms with van der Waals surface area (Å²) >= 11 is 11.9. The molecule has 14 heteroatoms. The van der Waals surface area contributed by atoms with E-state index in [1.807, 2.05) is 0 Å². The van der Waals surface area contributed by atoms with E-state index in [0.717, 1.165) is 20.8 Å². The normalized spacial score (nSPS) is 23.1. The van der Waals surface area contributed by atoms with Crippen LogP contribution in [0.3, 0.4) is 0 Å². The van der Waals surface area contributed by atoms with Crippen molar-refractivity contribution in [3.63, 3.8) is 0 Å². The van der Waals surface area contributed by atoms with Gasteiger partial charge in [0, 0.05) is 32.7 Å². The maximum absolute atomic E-state index is 12.6. The molecule has 0 unspecified atom stereocenters. The first-order valence-electron chi connectivity index (χ1n) is 10.5. The van der Waals surface area contributed by atoms with Crippen LogP contribution in [0.15, 0.2) is 18.2 Å². The van der Waals surface area contributed by atoms with E-state index in [0.29, 0.717) is 5.02 Å². The Bertz CT molecular complexity index is 1000. The van der Waals surface area contributed by atoms with Crippen LogP contribution in [0, 0.1) is 0 Å². The highest BCUT2D eigenvalue weighted by atomic mass is 35.5. The summed E-state index contributed by atoms with van der Waals surface area (Å²) in [6, 6.07) is 3.07. The summed E-state index contributed by atoms with van der Waals surface area (Å²) in [6.45, 7) is 3.45. The van der Waals surface area contributed by atoms with Gasteiger partial charge in [-0.15, -0.1) is 0 Å². The van der Waals surface area contributed by atoms with Crippen LogP contribution in [0.2, 0.25) is 10.0 Å². The zero-order valence-electron chi connectivity index (χ0n) is 19.8. The lowest BCUT2D eigenvalue weighted by Gasteiger charge is -2.44. The van der Waals surface area contributed by atoms with Crippen LogP contribution in [0.5, 0.6) is 5.75 Å². The van der Waals surface area contributed by atoms with Gasteiger partial charge in [0.05, 0.1) is 5.02 Å². The third-order valence-corrected chi connectivity index (χ3v) is 5.09. The summed E-state index contributed by atoms with van der Waals surface area (Å²) in [5.41, 5.74) is 0. The number of carbonyl (C=O) groups excluding carboxylic acids is 5. The molecule has 1 fully saturated rings. The van der Waals surface area contributed by atoms with Crippen LogP contribution in [0.4, 0.5) is 0 Å². The molecule has 0 aliphatic carbocycles. The zero-order chi connectivity index (χ0) is 27.0. The number of ether oxygens (including phenoxy) is 6. The highest BCUT2D eigenvalue weighted by molar-refractivity contribution is 6.35. The minimum absolute atomic E-state index is 0.154. The Morgan fingerprint density at radius 2 is 1.56 bits per heavy atom. The van der Waals surface area contributed by atoms with E-state index in [1.54, 1.807) is 0 Å². The first-order chi connectivity index (χ1) is 16.9. The Labute approximate surface area is 216 Å². The smallest absolute Gasteiger partial charge is 0.346 e. The van der Waals surface area contributed by atoms with Gasteiger partial charge in [-0.2, -0.15) is 0 Å². The number of rotatable bonds is 9. The molecule has 36 heavy (non-hydrogen) atoms. The zero-order valence-corrected chi connectivity index (χ0v) is 21.3. The molecule has 0 radical (unpaired) electrons. The average molecular weight is 550 g/mol. The average Bonchev–Trinajstić information content (AvgIpc) is 2.75. The first-order valence-corrected chi connectivity index (χ1v) is 11.3. The summed E-state index contributed by atoms with van der Waals surface area (Å²) in [7, 11) is 0. The highest BCUT2D eigenvalue weighted by Gasteiger charge is 2.52. The lowest BCUT2D eigenvalue weighted by Crippen LogP contribution is -2.66. The van der Waals surface area contributed by atoms with Gasteiger partial charge in [0.2, 0.25) is 12.2 Å². The van der Waals surface area contributed by atoms with Gasteiger partial charge >= 0.3 is 23.9 Å². The molecule has 198 valence electrons. The first kappa shape index (κ1) is 29.1. The van der Waals surface area contributed by atoms with Crippen molar-refractivity contribution in [1.29, 1.82) is 0 Å². The number of halogens is 2. The number of carbonyl (C=O) groups is 5. The van der Waals surface area contributed by atoms with Crippen LogP contribution in [-0.2, 0) is 47.7 Å². The molecule has 1 aliphatic rings. The van der Waals surface area contributed by atoms with Gasteiger partial charge in [-0.05, 0) is 18.2 Å². The van der Waals surface area contributed by atoms with E-state index in [4.69, 9.17) is 51.6 Å². The number of hydrogen-bond acceptors (Lipinski definition) is 11. The van der Waals surface area contributed by atoms with Crippen molar-refractivity contribution < 1.29 is 52.4 Å². The largest absolute Gasteiger partial charge is 0.480 e. The molecule has 2 rings (SSSR count). The van der Waals surface area contributed by atoms with Gasteiger partial charge in [0.25, 0.3) is 0 Å². The molecule has 1 aliphatic heterocycles. The number of hydrogen-bond donors (Lipinski definition) is 1. The molecule has 0 saturated carbocycles. The Morgan fingerprint density at radius 3 is 2.11 bits per heavy atom. The molecule has 0 bridgehead atoms. The quantitative estimate of drug-likeness (QED) is 0.352. The lowest BCUT2D eigenvalue weighted by molar-refractivity contribution is -0.272. The Hall–Kier alpha value is -3.09. The Morgan fingerprint density at radius 1 is 0.917 bits per heavy atom. The van der Waals surface area contributed by atoms with E-state index in [2.05, 4.69) is 5.32 Å². The number of nitrogens with one attached hydrogen (secondary N) is 1. The molecular formula is C22H25Cl2NO11. The molecule has 0 aromatic heterocycles. The predicted molar refractivity (Wildman–Crippen MR) is 122 cm³/mol. The molecule has 0 spiro atoms. The van der Waals surface area contributed by atoms with Gasteiger partial charge in [-0.1, -0.05) is 23.2 Å². The molecular weight excluding hydrogens is 525 g/mol. The summed E-state index contributed by atoms with van der Waals surface area (Å²) in [5, 5.41) is 2.99. The van der Waals surface area contributed by atoms with Crippen molar-refractivity contribution in [2.75, 3.05) is 13.2 Å². The fraction of sp³-hybridized carbons (Fsp3) is 0.500. The summed E-state index contributed by atoms with van der Waals surface area (Å²) < 4.78 is 32.0. The maximum Gasteiger partial charge on any atom is 0.346 e. The fourth-order valence-electron chi connectivity index (χ4n) is 3.28. The number of esters is 4. The van der Waals surface area contributed by atoms with Crippen molar-refractivity contribution in [2.24, 2.45) is 0 Å². The van der Waals surface area contributed by atoms with E-state index in [9.17, 15) is 24.0 Å². The standard InChI is InChI=1S/C22H25Cl2NO11/c1-10(26)25-19-21(34-13(4)29)20(33-12(3)28)17(8-31-11(2)27)35-22(19)36-18(30)9-32-16-6-5-14(23)7-15(16)24/h5-7,17,19-22H,8-9H2,1-4H3,(H,25,26)/t17-,19+,20-,21-,22+/m1/s1. The van der Waals surface area contributed by atoms with E-state index in [-0.39, 0.29) is 10.8 Å². The predicted octanol–water partition coefficient (Wildman–Crippen LogP) is 1.57. The van der Waals surface area contributed by atoms with Crippen molar-refractivity contribution in [3.05, 3.63) is 28.2 Å². The molecule has 1 N–H and O–H groups in total. The number of amides is 1. The van der Waals surface area contributed by atoms with Crippen molar-refractivity contribution in [1.82, 2.24) is 5.32 Å². The molecule has 5 atom stereocenters. The summed E-state index contributed by atoms with van der Waals surface area (Å²) in [4.78, 5) is 59.4. The van der Waals surface area contributed by atoms with Crippen LogP contribution in [0.1, 0.15) is 27.7 Å². The van der Waals surface area contributed by atoms with Gasteiger partial charge in [-0.3, -0.25) is 19.2 Å². The van der Waals surface area contributed by atoms with Gasteiger partial charge in [0.1, 0.15) is 24.5 Å². The maximum atomic E-state index is 12.6. The van der Waals surface area contributed by atoms with E-state index in [1.165, 1.54) is 25.1 Å². The van der Waals surface area contributed by atoms with Gasteiger partial charge in [-0.25, -0.2) is 4.79 Å². The molecule has 1 aromatic carbocycles. The number of benzene rings is 1.